The molecule has 1 aliphatic heterocycles. The van der Waals surface area contributed by atoms with Gasteiger partial charge >= 0.3 is 0 Å². The van der Waals surface area contributed by atoms with Crippen LogP contribution in [0.4, 0.5) is 8.78 Å². The number of rotatable bonds is 3. The molecule has 1 unspecified atom stereocenters. The smallest absolute Gasteiger partial charge is 0.262 e. The van der Waals surface area contributed by atoms with Crippen LogP contribution in [0.25, 0.3) is 0 Å². The van der Waals surface area contributed by atoms with Crippen molar-refractivity contribution in [2.75, 3.05) is 20.1 Å². The number of amides is 1. The number of hydrogen-bond acceptors (Lipinski definition) is 2. The zero-order valence-electron chi connectivity index (χ0n) is 8.80. The first-order valence-corrected chi connectivity index (χ1v) is 5.34. The molecular formula is C10H16F2N2O. The van der Waals surface area contributed by atoms with Gasteiger partial charge in [-0.05, 0) is 18.8 Å². The molecule has 3 nitrogen and oxygen atoms in total. The first-order chi connectivity index (χ1) is 6.98. The predicted octanol–water partition coefficient (Wildman–Crippen LogP) is 0.852. The first-order valence-electron chi connectivity index (χ1n) is 5.34. The minimum Gasteiger partial charge on any atom is -0.344 e. The largest absolute Gasteiger partial charge is 0.344 e. The molecule has 2 aliphatic rings. The Bertz CT molecular complexity index is 266. The maximum atomic E-state index is 12.9. The Hall–Kier alpha value is -0.710. The second-order valence-electron chi connectivity index (χ2n) is 4.66. The molecule has 2 fully saturated rings. The van der Waals surface area contributed by atoms with Crippen LogP contribution in [0.5, 0.6) is 0 Å². The van der Waals surface area contributed by atoms with Gasteiger partial charge in [-0.2, -0.15) is 0 Å². The lowest BCUT2D eigenvalue weighted by Gasteiger charge is -2.20. The van der Waals surface area contributed by atoms with Gasteiger partial charge in [0.25, 0.3) is 5.92 Å². The van der Waals surface area contributed by atoms with E-state index in [1.807, 2.05) is 0 Å². The molecule has 1 aliphatic carbocycles. The standard InChI is InChI=1S/C10H16F2N2O/c1-14(5-7-2-3-7)9(15)8-4-10(11,12)6-13-8/h7-8,13H,2-6H2,1H3. The van der Waals surface area contributed by atoms with Gasteiger partial charge in [0.05, 0.1) is 12.6 Å². The van der Waals surface area contributed by atoms with Crippen LogP contribution in [0.2, 0.25) is 0 Å². The third kappa shape index (κ3) is 2.65. The first kappa shape index (κ1) is 10.8. The van der Waals surface area contributed by atoms with Gasteiger partial charge in [-0.3, -0.25) is 10.1 Å². The third-order valence-electron chi connectivity index (χ3n) is 3.01. The average Bonchev–Trinajstić information content (AvgIpc) is 2.88. The zero-order valence-corrected chi connectivity index (χ0v) is 8.80. The van der Waals surface area contributed by atoms with Crippen molar-refractivity contribution < 1.29 is 13.6 Å². The summed E-state index contributed by atoms with van der Waals surface area (Å²) in [5, 5.41) is 2.58. The Morgan fingerprint density at radius 3 is 2.67 bits per heavy atom. The quantitative estimate of drug-likeness (QED) is 0.761. The molecule has 5 heteroatoms. The fourth-order valence-corrected chi connectivity index (χ4v) is 1.93. The van der Waals surface area contributed by atoms with E-state index >= 15 is 0 Å². The average molecular weight is 218 g/mol. The van der Waals surface area contributed by atoms with Crippen molar-refractivity contribution >= 4 is 5.91 Å². The van der Waals surface area contributed by atoms with Gasteiger partial charge in [-0.25, -0.2) is 8.78 Å². The van der Waals surface area contributed by atoms with Gasteiger partial charge < -0.3 is 4.90 Å². The van der Waals surface area contributed by atoms with Crippen LogP contribution >= 0.6 is 0 Å². The highest BCUT2D eigenvalue weighted by Gasteiger charge is 2.43. The molecule has 1 saturated carbocycles. The van der Waals surface area contributed by atoms with Crippen LogP contribution in [0, 0.1) is 5.92 Å². The van der Waals surface area contributed by atoms with Crippen LogP contribution in [0.15, 0.2) is 0 Å². The topological polar surface area (TPSA) is 32.3 Å². The number of likely N-dealkylation sites (N-methyl/N-ethyl adjacent to an activating group) is 1. The molecule has 0 spiro atoms. The summed E-state index contributed by atoms with van der Waals surface area (Å²) in [4.78, 5) is 13.3. The molecule has 1 atom stereocenters. The van der Waals surface area contributed by atoms with Gasteiger partial charge in [0.2, 0.25) is 5.91 Å². The molecule has 1 amide bonds. The monoisotopic (exact) mass is 218 g/mol. The highest BCUT2D eigenvalue weighted by molar-refractivity contribution is 5.82. The third-order valence-corrected chi connectivity index (χ3v) is 3.01. The molecule has 1 heterocycles. The van der Waals surface area contributed by atoms with E-state index in [0.717, 1.165) is 12.8 Å². The summed E-state index contributed by atoms with van der Waals surface area (Å²) in [5.41, 5.74) is 0. The van der Waals surface area contributed by atoms with Crippen LogP contribution < -0.4 is 5.32 Å². The van der Waals surface area contributed by atoms with Crippen LogP contribution in [0.3, 0.4) is 0 Å². The second-order valence-corrected chi connectivity index (χ2v) is 4.66. The van der Waals surface area contributed by atoms with Gasteiger partial charge in [-0.1, -0.05) is 0 Å². The van der Waals surface area contributed by atoms with E-state index < -0.39 is 12.0 Å². The molecule has 2 rings (SSSR count). The van der Waals surface area contributed by atoms with E-state index in [2.05, 4.69) is 5.32 Å². The summed E-state index contributed by atoms with van der Waals surface area (Å²) in [6.45, 7) is 0.337. The molecule has 0 aromatic heterocycles. The van der Waals surface area contributed by atoms with E-state index in [4.69, 9.17) is 0 Å². The lowest BCUT2D eigenvalue weighted by Crippen LogP contribution is -2.42. The summed E-state index contributed by atoms with van der Waals surface area (Å²) in [5.74, 6) is -2.32. The number of alkyl halides is 2. The van der Waals surface area contributed by atoms with E-state index in [9.17, 15) is 13.6 Å². The minimum atomic E-state index is -2.72. The van der Waals surface area contributed by atoms with Gasteiger partial charge in [0, 0.05) is 20.0 Å². The number of halogens is 2. The zero-order chi connectivity index (χ0) is 11.1. The number of carbonyl (C=O) groups is 1. The lowest BCUT2D eigenvalue weighted by molar-refractivity contribution is -0.132. The Labute approximate surface area is 87.8 Å². The number of nitrogens with zero attached hydrogens (tertiary/aromatic N) is 1. The lowest BCUT2D eigenvalue weighted by atomic mass is 10.1. The number of carbonyl (C=O) groups excluding carboxylic acids is 1. The van der Waals surface area contributed by atoms with Gasteiger partial charge in [-0.15, -0.1) is 0 Å². The highest BCUT2D eigenvalue weighted by Crippen LogP contribution is 2.30. The maximum absolute atomic E-state index is 12.9. The summed E-state index contributed by atoms with van der Waals surface area (Å²) in [6.07, 6.45) is 1.96. The van der Waals surface area contributed by atoms with Gasteiger partial charge in [0.1, 0.15) is 0 Å². The van der Waals surface area contributed by atoms with Crippen molar-refractivity contribution in [1.29, 1.82) is 0 Å². The fourth-order valence-electron chi connectivity index (χ4n) is 1.93. The molecule has 0 aromatic rings. The summed E-state index contributed by atoms with van der Waals surface area (Å²) in [7, 11) is 1.69. The molecule has 1 N–H and O–H groups in total. The Morgan fingerprint density at radius 2 is 2.20 bits per heavy atom. The van der Waals surface area contributed by atoms with Crippen molar-refractivity contribution in [3.8, 4) is 0 Å². The van der Waals surface area contributed by atoms with Crippen molar-refractivity contribution in [2.45, 2.75) is 31.2 Å². The molecular weight excluding hydrogens is 202 g/mol. The van der Waals surface area contributed by atoms with Crippen LogP contribution in [-0.4, -0.2) is 42.9 Å². The van der Waals surface area contributed by atoms with E-state index in [1.165, 1.54) is 0 Å². The van der Waals surface area contributed by atoms with E-state index in [0.29, 0.717) is 12.5 Å². The SMILES string of the molecule is CN(CC1CC1)C(=O)C1CC(F)(F)CN1. The molecule has 86 valence electrons. The number of hydrogen-bond donors (Lipinski definition) is 1. The molecule has 0 bridgehead atoms. The summed E-state index contributed by atoms with van der Waals surface area (Å²) < 4.78 is 25.7. The van der Waals surface area contributed by atoms with Crippen molar-refractivity contribution in [3.63, 3.8) is 0 Å². The number of nitrogens with one attached hydrogen (secondary N) is 1. The molecule has 1 saturated heterocycles. The fraction of sp³-hybridized carbons (Fsp3) is 0.900. The van der Waals surface area contributed by atoms with Crippen molar-refractivity contribution in [1.82, 2.24) is 10.2 Å². The molecule has 0 aromatic carbocycles. The molecule has 15 heavy (non-hydrogen) atoms. The Balaban J connectivity index is 1.84. The second kappa shape index (κ2) is 3.70. The summed E-state index contributed by atoms with van der Waals surface area (Å²) in [6, 6.07) is -0.691. The van der Waals surface area contributed by atoms with E-state index in [1.54, 1.807) is 11.9 Å². The van der Waals surface area contributed by atoms with Crippen LogP contribution in [0.1, 0.15) is 19.3 Å². The van der Waals surface area contributed by atoms with Gasteiger partial charge in [0.15, 0.2) is 0 Å². The van der Waals surface area contributed by atoms with Crippen LogP contribution in [-0.2, 0) is 4.79 Å². The highest BCUT2D eigenvalue weighted by atomic mass is 19.3. The van der Waals surface area contributed by atoms with E-state index in [-0.39, 0.29) is 18.9 Å². The molecule has 0 radical (unpaired) electrons. The Kier molecular flexibility index (Phi) is 2.66. The Morgan fingerprint density at radius 1 is 1.53 bits per heavy atom. The van der Waals surface area contributed by atoms with Crippen molar-refractivity contribution in [3.05, 3.63) is 0 Å². The maximum Gasteiger partial charge on any atom is 0.262 e. The summed E-state index contributed by atoms with van der Waals surface area (Å²) >= 11 is 0. The normalized spacial score (nSPS) is 29.1. The van der Waals surface area contributed by atoms with Crippen molar-refractivity contribution in [2.24, 2.45) is 5.92 Å². The predicted molar refractivity (Wildman–Crippen MR) is 51.7 cm³/mol. The minimum absolute atomic E-state index is 0.195.